The van der Waals surface area contributed by atoms with Crippen LogP contribution in [-0.4, -0.2) is 15.1 Å². The highest BCUT2D eigenvalue weighted by molar-refractivity contribution is 5.57. The Bertz CT molecular complexity index is 575. The molecule has 0 radical (unpaired) electrons. The molecule has 0 aliphatic heterocycles. The SMILES string of the molecule is Cc1cnccc1-c1noc(C(N)C2CCCCC2)n1. The molecule has 0 bridgehead atoms. The minimum atomic E-state index is -0.140. The summed E-state index contributed by atoms with van der Waals surface area (Å²) in [4.78, 5) is 8.56. The maximum Gasteiger partial charge on any atom is 0.244 e. The van der Waals surface area contributed by atoms with Crippen LogP contribution < -0.4 is 5.73 Å². The summed E-state index contributed by atoms with van der Waals surface area (Å²) in [5.41, 5.74) is 8.27. The smallest absolute Gasteiger partial charge is 0.244 e. The molecule has 1 unspecified atom stereocenters. The second kappa shape index (κ2) is 5.71. The van der Waals surface area contributed by atoms with Crippen LogP contribution in [0.3, 0.4) is 0 Å². The lowest BCUT2D eigenvalue weighted by Gasteiger charge is -2.24. The van der Waals surface area contributed by atoms with Crippen LogP contribution in [0.5, 0.6) is 0 Å². The summed E-state index contributed by atoms with van der Waals surface area (Å²) in [6.07, 6.45) is 9.67. The molecule has 20 heavy (non-hydrogen) atoms. The molecule has 0 spiro atoms. The molecule has 0 aromatic carbocycles. The molecule has 5 nitrogen and oxygen atoms in total. The van der Waals surface area contributed by atoms with Gasteiger partial charge in [-0.2, -0.15) is 4.98 Å². The van der Waals surface area contributed by atoms with Gasteiger partial charge in [-0.1, -0.05) is 24.4 Å². The standard InChI is InChI=1S/C15H20N4O/c1-10-9-17-8-7-12(10)14-18-15(20-19-14)13(16)11-5-3-2-4-6-11/h7-9,11,13H,2-6,16H2,1H3. The zero-order valence-electron chi connectivity index (χ0n) is 11.7. The fraction of sp³-hybridized carbons (Fsp3) is 0.533. The lowest BCUT2D eigenvalue weighted by atomic mass is 9.84. The number of nitrogens with two attached hydrogens (primary N) is 1. The van der Waals surface area contributed by atoms with E-state index < -0.39 is 0 Å². The maximum atomic E-state index is 6.29. The quantitative estimate of drug-likeness (QED) is 0.929. The molecule has 1 fully saturated rings. The first-order valence-corrected chi connectivity index (χ1v) is 7.26. The van der Waals surface area contributed by atoms with E-state index in [-0.39, 0.29) is 6.04 Å². The Balaban J connectivity index is 1.81. The molecule has 2 aromatic heterocycles. The summed E-state index contributed by atoms with van der Waals surface area (Å²) in [5.74, 6) is 1.63. The lowest BCUT2D eigenvalue weighted by Crippen LogP contribution is -2.23. The summed E-state index contributed by atoms with van der Waals surface area (Å²) in [6.45, 7) is 1.99. The van der Waals surface area contributed by atoms with Gasteiger partial charge in [0, 0.05) is 18.0 Å². The van der Waals surface area contributed by atoms with Crippen molar-refractivity contribution in [3.8, 4) is 11.4 Å². The normalized spacial score (nSPS) is 18.1. The predicted octanol–water partition coefficient (Wildman–Crippen LogP) is 3.02. The first kappa shape index (κ1) is 13.2. The number of rotatable bonds is 3. The molecule has 0 amide bonds. The molecule has 1 saturated carbocycles. The van der Waals surface area contributed by atoms with Crippen LogP contribution in [0.1, 0.15) is 49.6 Å². The Labute approximate surface area is 118 Å². The molecule has 1 atom stereocenters. The molecule has 5 heteroatoms. The van der Waals surface area contributed by atoms with Crippen molar-refractivity contribution in [2.45, 2.75) is 45.1 Å². The van der Waals surface area contributed by atoms with Crippen LogP contribution in [0.4, 0.5) is 0 Å². The van der Waals surface area contributed by atoms with Crippen molar-refractivity contribution in [2.24, 2.45) is 11.7 Å². The van der Waals surface area contributed by atoms with Gasteiger partial charge < -0.3 is 10.3 Å². The van der Waals surface area contributed by atoms with Crippen LogP contribution in [0.25, 0.3) is 11.4 Å². The number of aryl methyl sites for hydroxylation is 1. The van der Waals surface area contributed by atoms with Crippen molar-refractivity contribution in [2.75, 3.05) is 0 Å². The van der Waals surface area contributed by atoms with Crippen LogP contribution in [-0.2, 0) is 0 Å². The third-order valence-corrected chi connectivity index (χ3v) is 4.15. The Kier molecular flexibility index (Phi) is 3.78. The molecule has 2 N–H and O–H groups in total. The first-order valence-electron chi connectivity index (χ1n) is 7.26. The number of hydrogen-bond acceptors (Lipinski definition) is 5. The number of nitrogens with zero attached hydrogens (tertiary/aromatic N) is 3. The second-order valence-corrected chi connectivity index (χ2v) is 5.57. The van der Waals surface area contributed by atoms with E-state index in [0.29, 0.717) is 17.6 Å². The Hall–Kier alpha value is -1.75. The summed E-state index contributed by atoms with van der Waals surface area (Å²) in [6, 6.07) is 1.76. The fourth-order valence-electron chi connectivity index (χ4n) is 2.90. The van der Waals surface area contributed by atoms with E-state index in [4.69, 9.17) is 10.3 Å². The molecule has 0 saturated heterocycles. The van der Waals surface area contributed by atoms with Crippen molar-refractivity contribution >= 4 is 0 Å². The van der Waals surface area contributed by atoms with Crippen LogP contribution in [0, 0.1) is 12.8 Å². The van der Waals surface area contributed by atoms with Gasteiger partial charge in [0.2, 0.25) is 11.7 Å². The zero-order chi connectivity index (χ0) is 13.9. The van der Waals surface area contributed by atoms with Crippen molar-refractivity contribution in [3.63, 3.8) is 0 Å². The van der Waals surface area contributed by atoms with Crippen LogP contribution in [0.2, 0.25) is 0 Å². The summed E-state index contributed by atoms with van der Waals surface area (Å²) >= 11 is 0. The van der Waals surface area contributed by atoms with Gasteiger partial charge in [0.1, 0.15) is 0 Å². The zero-order valence-corrected chi connectivity index (χ0v) is 11.7. The lowest BCUT2D eigenvalue weighted by molar-refractivity contribution is 0.255. The topological polar surface area (TPSA) is 77.8 Å². The fourth-order valence-corrected chi connectivity index (χ4v) is 2.90. The minimum Gasteiger partial charge on any atom is -0.337 e. The van der Waals surface area contributed by atoms with Crippen molar-refractivity contribution in [1.82, 2.24) is 15.1 Å². The van der Waals surface area contributed by atoms with Gasteiger partial charge in [-0.25, -0.2) is 0 Å². The van der Waals surface area contributed by atoms with E-state index in [9.17, 15) is 0 Å². The molecule has 106 valence electrons. The molecule has 2 heterocycles. The highest BCUT2D eigenvalue weighted by Gasteiger charge is 2.26. The molecular weight excluding hydrogens is 252 g/mol. The van der Waals surface area contributed by atoms with Gasteiger partial charge in [-0.05, 0) is 37.3 Å². The number of hydrogen-bond donors (Lipinski definition) is 1. The highest BCUT2D eigenvalue weighted by atomic mass is 16.5. The van der Waals surface area contributed by atoms with E-state index in [2.05, 4.69) is 15.1 Å². The van der Waals surface area contributed by atoms with E-state index >= 15 is 0 Å². The van der Waals surface area contributed by atoms with Crippen molar-refractivity contribution < 1.29 is 4.52 Å². The van der Waals surface area contributed by atoms with E-state index in [0.717, 1.165) is 24.0 Å². The first-order chi connectivity index (χ1) is 9.75. The van der Waals surface area contributed by atoms with Gasteiger partial charge in [-0.3, -0.25) is 4.98 Å². The Morgan fingerprint density at radius 2 is 2.10 bits per heavy atom. The van der Waals surface area contributed by atoms with Gasteiger partial charge in [0.15, 0.2) is 0 Å². The summed E-state index contributed by atoms with van der Waals surface area (Å²) in [7, 11) is 0. The third kappa shape index (κ3) is 2.58. The van der Waals surface area contributed by atoms with Crippen molar-refractivity contribution in [3.05, 3.63) is 29.9 Å². The maximum absolute atomic E-state index is 6.29. The molecule has 3 rings (SSSR count). The summed E-state index contributed by atoms with van der Waals surface area (Å²) < 4.78 is 5.38. The second-order valence-electron chi connectivity index (χ2n) is 5.57. The van der Waals surface area contributed by atoms with Crippen LogP contribution in [0.15, 0.2) is 23.0 Å². The van der Waals surface area contributed by atoms with Gasteiger partial charge >= 0.3 is 0 Å². The van der Waals surface area contributed by atoms with E-state index in [1.165, 1.54) is 19.3 Å². The van der Waals surface area contributed by atoms with E-state index in [1.54, 1.807) is 12.4 Å². The molecule has 2 aromatic rings. The average Bonchev–Trinajstić information content (AvgIpc) is 2.97. The van der Waals surface area contributed by atoms with E-state index in [1.807, 2.05) is 13.0 Å². The van der Waals surface area contributed by atoms with Crippen LogP contribution >= 0.6 is 0 Å². The minimum absolute atomic E-state index is 0.140. The molecule has 1 aliphatic carbocycles. The average molecular weight is 272 g/mol. The third-order valence-electron chi connectivity index (χ3n) is 4.15. The molecule has 1 aliphatic rings. The van der Waals surface area contributed by atoms with Gasteiger partial charge in [-0.15, -0.1) is 0 Å². The number of pyridine rings is 1. The Morgan fingerprint density at radius 1 is 1.30 bits per heavy atom. The van der Waals surface area contributed by atoms with Gasteiger partial charge in [0.25, 0.3) is 0 Å². The molecular formula is C15H20N4O. The number of aromatic nitrogens is 3. The monoisotopic (exact) mass is 272 g/mol. The largest absolute Gasteiger partial charge is 0.337 e. The summed E-state index contributed by atoms with van der Waals surface area (Å²) in [5, 5.41) is 4.07. The highest BCUT2D eigenvalue weighted by Crippen LogP contribution is 2.33. The van der Waals surface area contributed by atoms with Gasteiger partial charge in [0.05, 0.1) is 6.04 Å². The Morgan fingerprint density at radius 3 is 2.85 bits per heavy atom. The predicted molar refractivity (Wildman–Crippen MR) is 75.8 cm³/mol. The van der Waals surface area contributed by atoms with Crippen molar-refractivity contribution in [1.29, 1.82) is 0 Å².